The van der Waals surface area contributed by atoms with Crippen molar-refractivity contribution in [1.82, 2.24) is 4.90 Å². The van der Waals surface area contributed by atoms with Crippen LogP contribution in [0.1, 0.15) is 29.5 Å². The average Bonchev–Trinajstić information content (AvgIpc) is 2.25. The van der Waals surface area contributed by atoms with Crippen LogP contribution in [-0.2, 0) is 6.54 Å². The van der Waals surface area contributed by atoms with Crippen molar-refractivity contribution in [2.24, 2.45) is 5.73 Å². The molecular weight excluding hydrogens is 196 g/mol. The number of likely N-dealkylation sites (tertiary alicyclic amines) is 1. The third-order valence-electron chi connectivity index (χ3n) is 3.65. The van der Waals surface area contributed by atoms with E-state index in [4.69, 9.17) is 5.73 Å². The Morgan fingerprint density at radius 1 is 1.38 bits per heavy atom. The van der Waals surface area contributed by atoms with E-state index in [-0.39, 0.29) is 0 Å². The molecule has 88 valence electrons. The lowest BCUT2D eigenvalue weighted by atomic mass is 10.0. The van der Waals surface area contributed by atoms with Crippen molar-refractivity contribution in [1.29, 1.82) is 0 Å². The van der Waals surface area contributed by atoms with Crippen LogP contribution in [-0.4, -0.2) is 24.0 Å². The molecule has 16 heavy (non-hydrogen) atoms. The Kier molecular flexibility index (Phi) is 3.62. The van der Waals surface area contributed by atoms with Crippen LogP contribution in [0, 0.1) is 13.8 Å². The molecule has 0 bridgehead atoms. The molecule has 0 radical (unpaired) electrons. The Bertz CT molecular complexity index is 360. The van der Waals surface area contributed by atoms with Gasteiger partial charge in [0.05, 0.1) is 0 Å². The number of rotatable bonds is 2. The van der Waals surface area contributed by atoms with Crippen molar-refractivity contribution >= 4 is 0 Å². The number of nitrogens with two attached hydrogens (primary N) is 1. The van der Waals surface area contributed by atoms with Gasteiger partial charge in [-0.3, -0.25) is 4.90 Å². The summed E-state index contributed by atoms with van der Waals surface area (Å²) >= 11 is 0. The summed E-state index contributed by atoms with van der Waals surface area (Å²) in [6.07, 6.45) is 2.43. The summed E-state index contributed by atoms with van der Waals surface area (Å²) in [5.41, 5.74) is 10.3. The fraction of sp³-hybridized carbons (Fsp3) is 0.571. The van der Waals surface area contributed by atoms with Crippen LogP contribution in [0.25, 0.3) is 0 Å². The van der Waals surface area contributed by atoms with Crippen molar-refractivity contribution in [3.63, 3.8) is 0 Å². The lowest BCUT2D eigenvalue weighted by Crippen LogP contribution is -2.42. The molecule has 0 saturated carbocycles. The molecule has 2 rings (SSSR count). The highest BCUT2D eigenvalue weighted by Gasteiger charge is 2.17. The Hall–Kier alpha value is -0.860. The molecule has 2 nitrogen and oxygen atoms in total. The molecule has 1 aliphatic rings. The molecule has 2 N–H and O–H groups in total. The van der Waals surface area contributed by atoms with E-state index < -0.39 is 0 Å². The molecule has 0 unspecified atom stereocenters. The maximum Gasteiger partial charge on any atom is 0.0237 e. The minimum Gasteiger partial charge on any atom is -0.327 e. The van der Waals surface area contributed by atoms with E-state index >= 15 is 0 Å². The molecule has 1 atom stereocenters. The normalized spacial score (nSPS) is 22.3. The second-order valence-electron chi connectivity index (χ2n) is 5.00. The van der Waals surface area contributed by atoms with Crippen LogP contribution in [0.5, 0.6) is 0 Å². The largest absolute Gasteiger partial charge is 0.327 e. The third kappa shape index (κ3) is 2.63. The lowest BCUT2D eigenvalue weighted by molar-refractivity contribution is 0.201. The van der Waals surface area contributed by atoms with Crippen LogP contribution < -0.4 is 5.73 Å². The van der Waals surface area contributed by atoms with Crippen LogP contribution in [0.2, 0.25) is 0 Å². The monoisotopic (exact) mass is 218 g/mol. The van der Waals surface area contributed by atoms with Crippen molar-refractivity contribution < 1.29 is 0 Å². The molecule has 0 spiro atoms. The van der Waals surface area contributed by atoms with Gasteiger partial charge in [0.15, 0.2) is 0 Å². The highest BCUT2D eigenvalue weighted by molar-refractivity contribution is 5.33. The average molecular weight is 218 g/mol. The quantitative estimate of drug-likeness (QED) is 0.825. The Labute approximate surface area is 98.4 Å². The fourth-order valence-corrected chi connectivity index (χ4v) is 2.46. The summed E-state index contributed by atoms with van der Waals surface area (Å²) in [5, 5.41) is 0. The highest BCUT2D eigenvalue weighted by Crippen LogP contribution is 2.17. The smallest absolute Gasteiger partial charge is 0.0237 e. The van der Waals surface area contributed by atoms with Crippen LogP contribution >= 0.6 is 0 Å². The number of aryl methyl sites for hydroxylation is 1. The maximum atomic E-state index is 6.01. The van der Waals surface area contributed by atoms with Gasteiger partial charge < -0.3 is 5.73 Å². The van der Waals surface area contributed by atoms with Crippen molar-refractivity contribution in [3.05, 3.63) is 34.9 Å². The number of piperidine rings is 1. The summed E-state index contributed by atoms with van der Waals surface area (Å²) in [5.74, 6) is 0. The molecule has 0 aromatic heterocycles. The van der Waals surface area contributed by atoms with Gasteiger partial charge in [0.2, 0.25) is 0 Å². The molecule has 1 heterocycles. The van der Waals surface area contributed by atoms with E-state index in [0.29, 0.717) is 6.04 Å². The van der Waals surface area contributed by atoms with E-state index in [1.54, 1.807) is 0 Å². The third-order valence-corrected chi connectivity index (χ3v) is 3.65. The van der Waals surface area contributed by atoms with E-state index in [2.05, 4.69) is 36.9 Å². The van der Waals surface area contributed by atoms with Gasteiger partial charge in [-0.2, -0.15) is 0 Å². The fourth-order valence-electron chi connectivity index (χ4n) is 2.46. The first-order valence-corrected chi connectivity index (χ1v) is 6.20. The second kappa shape index (κ2) is 4.98. The molecule has 1 aliphatic heterocycles. The summed E-state index contributed by atoms with van der Waals surface area (Å²) in [6.45, 7) is 7.70. The van der Waals surface area contributed by atoms with Gasteiger partial charge in [-0.05, 0) is 49.9 Å². The van der Waals surface area contributed by atoms with E-state index in [1.807, 2.05) is 0 Å². The predicted octanol–water partition coefficient (Wildman–Crippen LogP) is 2.23. The highest BCUT2D eigenvalue weighted by atomic mass is 15.1. The van der Waals surface area contributed by atoms with Gasteiger partial charge in [0, 0.05) is 19.1 Å². The summed E-state index contributed by atoms with van der Waals surface area (Å²) in [6, 6.07) is 6.95. The SMILES string of the molecule is Cc1cccc(CN2CCC[C@H](N)C2)c1C. The summed E-state index contributed by atoms with van der Waals surface area (Å²) in [4.78, 5) is 2.48. The molecule has 1 saturated heterocycles. The van der Waals surface area contributed by atoms with E-state index in [9.17, 15) is 0 Å². The summed E-state index contributed by atoms with van der Waals surface area (Å²) in [7, 11) is 0. The van der Waals surface area contributed by atoms with Crippen molar-refractivity contribution in [2.45, 2.75) is 39.3 Å². The number of hydrogen-bond donors (Lipinski definition) is 1. The molecule has 0 amide bonds. The van der Waals surface area contributed by atoms with E-state index in [1.165, 1.54) is 36.1 Å². The van der Waals surface area contributed by atoms with Gasteiger partial charge in [0.25, 0.3) is 0 Å². The Morgan fingerprint density at radius 2 is 2.19 bits per heavy atom. The number of benzene rings is 1. The van der Waals surface area contributed by atoms with Crippen LogP contribution in [0.15, 0.2) is 18.2 Å². The topological polar surface area (TPSA) is 29.3 Å². The molecule has 1 fully saturated rings. The predicted molar refractivity (Wildman–Crippen MR) is 68.4 cm³/mol. The minimum atomic E-state index is 0.374. The van der Waals surface area contributed by atoms with Gasteiger partial charge >= 0.3 is 0 Å². The first kappa shape index (κ1) is 11.6. The molecule has 1 aromatic rings. The maximum absolute atomic E-state index is 6.01. The van der Waals surface area contributed by atoms with Gasteiger partial charge in [-0.15, -0.1) is 0 Å². The second-order valence-corrected chi connectivity index (χ2v) is 5.00. The zero-order valence-electron chi connectivity index (χ0n) is 10.4. The van der Waals surface area contributed by atoms with Crippen LogP contribution in [0.4, 0.5) is 0 Å². The lowest BCUT2D eigenvalue weighted by Gasteiger charge is -2.31. The number of hydrogen-bond acceptors (Lipinski definition) is 2. The standard InChI is InChI=1S/C14H22N2/c1-11-5-3-6-13(12(11)2)9-16-8-4-7-14(15)10-16/h3,5-6,14H,4,7-10,15H2,1-2H3/t14-/m0/s1. The van der Waals surface area contributed by atoms with E-state index in [0.717, 1.165) is 13.1 Å². The molecule has 1 aromatic carbocycles. The molecular formula is C14H22N2. The molecule has 2 heteroatoms. The van der Waals surface area contributed by atoms with Crippen molar-refractivity contribution in [2.75, 3.05) is 13.1 Å². The first-order valence-electron chi connectivity index (χ1n) is 6.20. The van der Waals surface area contributed by atoms with Gasteiger partial charge in [0.1, 0.15) is 0 Å². The zero-order chi connectivity index (χ0) is 11.5. The number of nitrogens with zero attached hydrogens (tertiary/aromatic N) is 1. The Morgan fingerprint density at radius 3 is 2.94 bits per heavy atom. The van der Waals surface area contributed by atoms with Crippen molar-refractivity contribution in [3.8, 4) is 0 Å². The van der Waals surface area contributed by atoms with Crippen LogP contribution in [0.3, 0.4) is 0 Å². The van der Waals surface area contributed by atoms with Gasteiger partial charge in [-0.1, -0.05) is 18.2 Å². The molecule has 0 aliphatic carbocycles. The zero-order valence-corrected chi connectivity index (χ0v) is 10.4. The van der Waals surface area contributed by atoms with Gasteiger partial charge in [-0.25, -0.2) is 0 Å². The Balaban J connectivity index is 2.05. The summed E-state index contributed by atoms with van der Waals surface area (Å²) < 4.78 is 0. The minimum absolute atomic E-state index is 0.374. The first-order chi connectivity index (χ1) is 7.66.